The number of nitriles is 1. The number of benzene rings is 1. The summed E-state index contributed by atoms with van der Waals surface area (Å²) in [6.07, 6.45) is 21.8. The lowest BCUT2D eigenvalue weighted by atomic mass is 10.0. The summed E-state index contributed by atoms with van der Waals surface area (Å²) in [5.41, 5.74) is 1.79. The van der Waals surface area contributed by atoms with Crippen LogP contribution < -0.4 is 10.6 Å². The second-order valence-corrected chi connectivity index (χ2v) is 10.9. The summed E-state index contributed by atoms with van der Waals surface area (Å²) in [5.74, 6) is 0.903. The van der Waals surface area contributed by atoms with Gasteiger partial charge in [-0.2, -0.15) is 5.26 Å². The molecule has 5 heteroatoms. The van der Waals surface area contributed by atoms with Gasteiger partial charge >= 0.3 is 0 Å². The number of carbonyl (C=O) groups is 1. The first-order valence-corrected chi connectivity index (χ1v) is 14.9. The number of unbranched alkanes of at least 4 members (excludes halogenated alkanes) is 15. The number of nitrogens with zero attached hydrogens (tertiary/aromatic N) is 1. The van der Waals surface area contributed by atoms with Gasteiger partial charge in [0.1, 0.15) is 0 Å². The topological polar surface area (TPSA) is 64.9 Å². The summed E-state index contributed by atoms with van der Waals surface area (Å²) in [5, 5.41) is 15.6. The van der Waals surface area contributed by atoms with Crippen molar-refractivity contribution in [2.75, 3.05) is 12.3 Å². The number of amides is 1. The van der Waals surface area contributed by atoms with E-state index in [-0.39, 0.29) is 17.3 Å². The average molecular weight is 486 g/mol. The largest absolute Gasteiger partial charge is 0.355 e. The molecular weight excluding hydrogens is 438 g/mol. The van der Waals surface area contributed by atoms with Gasteiger partial charge in [0.25, 0.3) is 0 Å². The Bertz CT molecular complexity index is 700. The standard InChI is InChI=1S/C29H47N3OS/c1-2-3-4-5-6-7-8-9-10-11-12-13-14-15-16-17-22-31-28(33)27-24-34-29(32-27)26-20-18-25(23-30)19-21-26/h18-21,27,29,32H,2-17,22,24H2,1H3,(H,31,33)/t27-,29?/m0/s1. The summed E-state index contributed by atoms with van der Waals surface area (Å²) in [6.45, 7) is 3.06. The Morgan fingerprint density at radius 1 is 0.882 bits per heavy atom. The number of hydrogen-bond acceptors (Lipinski definition) is 4. The van der Waals surface area contributed by atoms with Crippen LogP contribution in [-0.4, -0.2) is 24.2 Å². The molecule has 1 heterocycles. The summed E-state index contributed by atoms with van der Waals surface area (Å²) in [4.78, 5) is 12.5. The van der Waals surface area contributed by atoms with Gasteiger partial charge in [0, 0.05) is 12.3 Å². The molecule has 0 saturated carbocycles. The third-order valence-electron chi connectivity index (χ3n) is 6.77. The van der Waals surface area contributed by atoms with E-state index in [0.717, 1.165) is 24.3 Å². The van der Waals surface area contributed by atoms with Gasteiger partial charge in [0.05, 0.1) is 23.0 Å². The van der Waals surface area contributed by atoms with Crippen molar-refractivity contribution in [1.82, 2.24) is 10.6 Å². The molecule has 1 aromatic rings. The van der Waals surface area contributed by atoms with Gasteiger partial charge in [-0.05, 0) is 24.1 Å². The fourth-order valence-corrected chi connectivity index (χ4v) is 5.80. The quantitative estimate of drug-likeness (QED) is 0.198. The Labute approximate surface area is 213 Å². The monoisotopic (exact) mass is 485 g/mol. The second-order valence-electron chi connectivity index (χ2n) is 9.76. The molecule has 1 aliphatic heterocycles. The van der Waals surface area contributed by atoms with Crippen LogP contribution in [0.3, 0.4) is 0 Å². The Hall–Kier alpha value is -1.51. The zero-order chi connectivity index (χ0) is 24.3. The zero-order valence-electron chi connectivity index (χ0n) is 21.5. The van der Waals surface area contributed by atoms with E-state index in [0.29, 0.717) is 5.56 Å². The molecule has 4 nitrogen and oxygen atoms in total. The van der Waals surface area contributed by atoms with Crippen molar-refractivity contribution < 1.29 is 4.79 Å². The molecule has 2 atom stereocenters. The van der Waals surface area contributed by atoms with Crippen molar-refractivity contribution >= 4 is 17.7 Å². The van der Waals surface area contributed by atoms with E-state index in [9.17, 15) is 4.79 Å². The summed E-state index contributed by atoms with van der Waals surface area (Å²) in [6, 6.07) is 9.63. The molecular formula is C29H47N3OS. The highest BCUT2D eigenvalue weighted by atomic mass is 32.2. The SMILES string of the molecule is CCCCCCCCCCCCCCCCCCNC(=O)[C@@H]1CSC(c2ccc(C#N)cc2)N1. The maximum atomic E-state index is 12.5. The van der Waals surface area contributed by atoms with Gasteiger partial charge in [-0.1, -0.05) is 115 Å². The van der Waals surface area contributed by atoms with E-state index in [1.54, 1.807) is 11.8 Å². The first-order chi connectivity index (χ1) is 16.7. The molecule has 0 radical (unpaired) electrons. The minimum atomic E-state index is -0.133. The molecule has 190 valence electrons. The minimum absolute atomic E-state index is 0.115. The first kappa shape index (κ1) is 28.7. The molecule has 1 aliphatic rings. The van der Waals surface area contributed by atoms with Gasteiger partial charge in [0.15, 0.2) is 0 Å². The summed E-state index contributed by atoms with van der Waals surface area (Å²) >= 11 is 1.76. The molecule has 2 rings (SSSR count). The summed E-state index contributed by atoms with van der Waals surface area (Å²) in [7, 11) is 0. The Morgan fingerprint density at radius 3 is 1.88 bits per heavy atom. The number of carbonyl (C=O) groups excluding carboxylic acids is 1. The van der Waals surface area contributed by atoms with Crippen LogP contribution in [-0.2, 0) is 4.79 Å². The molecule has 2 N–H and O–H groups in total. The Kier molecular flexibility index (Phi) is 15.9. The van der Waals surface area contributed by atoms with E-state index in [2.05, 4.69) is 23.6 Å². The molecule has 1 saturated heterocycles. The predicted molar refractivity (Wildman–Crippen MR) is 146 cm³/mol. The van der Waals surface area contributed by atoms with Crippen molar-refractivity contribution in [2.24, 2.45) is 0 Å². The molecule has 34 heavy (non-hydrogen) atoms. The molecule has 1 fully saturated rings. The number of thioether (sulfide) groups is 1. The van der Waals surface area contributed by atoms with Crippen molar-refractivity contribution in [3.8, 4) is 6.07 Å². The summed E-state index contributed by atoms with van der Waals surface area (Å²) < 4.78 is 0. The van der Waals surface area contributed by atoms with Gasteiger partial charge in [-0.15, -0.1) is 11.8 Å². The molecule has 0 aromatic heterocycles. The lowest BCUT2D eigenvalue weighted by Crippen LogP contribution is -2.42. The smallest absolute Gasteiger partial charge is 0.238 e. The lowest BCUT2D eigenvalue weighted by molar-refractivity contribution is -0.122. The average Bonchev–Trinajstić information content (AvgIpc) is 3.36. The van der Waals surface area contributed by atoms with Gasteiger partial charge in [-0.3, -0.25) is 10.1 Å². The number of hydrogen-bond donors (Lipinski definition) is 2. The van der Waals surface area contributed by atoms with Crippen LogP contribution in [0.25, 0.3) is 0 Å². The molecule has 1 amide bonds. The highest BCUT2D eigenvalue weighted by Crippen LogP contribution is 2.32. The van der Waals surface area contributed by atoms with Crippen molar-refractivity contribution in [2.45, 2.75) is 121 Å². The zero-order valence-corrected chi connectivity index (χ0v) is 22.3. The molecule has 0 aliphatic carbocycles. The van der Waals surface area contributed by atoms with Crippen LogP contribution in [0.2, 0.25) is 0 Å². The maximum absolute atomic E-state index is 12.5. The maximum Gasteiger partial charge on any atom is 0.238 e. The van der Waals surface area contributed by atoms with Crippen molar-refractivity contribution in [3.63, 3.8) is 0 Å². The molecule has 1 aromatic carbocycles. The predicted octanol–water partition coefficient (Wildman–Crippen LogP) is 7.64. The van der Waals surface area contributed by atoms with Gasteiger partial charge < -0.3 is 5.32 Å². The normalized spacial score (nSPS) is 17.5. The Morgan fingerprint density at radius 2 is 1.38 bits per heavy atom. The van der Waals surface area contributed by atoms with E-state index in [4.69, 9.17) is 5.26 Å². The highest BCUT2D eigenvalue weighted by Gasteiger charge is 2.30. The second kappa shape index (κ2) is 18.8. The van der Waals surface area contributed by atoms with Crippen LogP contribution in [0, 0.1) is 11.3 Å². The van der Waals surface area contributed by atoms with E-state index >= 15 is 0 Å². The van der Waals surface area contributed by atoms with Gasteiger partial charge in [-0.25, -0.2) is 0 Å². The van der Waals surface area contributed by atoms with Crippen LogP contribution in [0.4, 0.5) is 0 Å². The highest BCUT2D eigenvalue weighted by molar-refractivity contribution is 7.99. The third-order valence-corrected chi connectivity index (χ3v) is 8.04. The van der Waals surface area contributed by atoms with Gasteiger partial charge in [0.2, 0.25) is 5.91 Å². The van der Waals surface area contributed by atoms with Crippen molar-refractivity contribution in [1.29, 1.82) is 5.26 Å². The number of rotatable bonds is 19. The van der Waals surface area contributed by atoms with Crippen molar-refractivity contribution in [3.05, 3.63) is 35.4 Å². The third kappa shape index (κ3) is 12.3. The van der Waals surface area contributed by atoms with Crippen LogP contribution in [0.5, 0.6) is 0 Å². The fourth-order valence-electron chi connectivity index (χ4n) is 4.56. The Balaban J connectivity index is 1.36. The number of nitrogens with one attached hydrogen (secondary N) is 2. The fraction of sp³-hybridized carbons (Fsp3) is 0.724. The molecule has 0 spiro atoms. The lowest BCUT2D eigenvalue weighted by Gasteiger charge is -2.14. The minimum Gasteiger partial charge on any atom is -0.355 e. The van der Waals surface area contributed by atoms with Crippen LogP contribution >= 0.6 is 11.8 Å². The van der Waals surface area contributed by atoms with E-state index in [1.807, 2.05) is 24.3 Å². The molecule has 1 unspecified atom stereocenters. The van der Waals surface area contributed by atoms with Crippen LogP contribution in [0.15, 0.2) is 24.3 Å². The first-order valence-electron chi connectivity index (χ1n) is 13.9. The van der Waals surface area contributed by atoms with Crippen LogP contribution in [0.1, 0.15) is 126 Å². The van der Waals surface area contributed by atoms with E-state index in [1.165, 1.54) is 96.3 Å². The molecule has 0 bridgehead atoms. The van der Waals surface area contributed by atoms with E-state index < -0.39 is 0 Å².